The Morgan fingerprint density at radius 1 is 1.05 bits per heavy atom. The third-order valence-electron chi connectivity index (χ3n) is 7.15. The number of Topliss-reactive ketones (excluding diaryl/α,β-unsaturated/α-hetero) is 1. The van der Waals surface area contributed by atoms with E-state index in [0.717, 1.165) is 63.5 Å². The highest BCUT2D eigenvalue weighted by molar-refractivity contribution is 7.17. The molecule has 1 saturated heterocycles. The van der Waals surface area contributed by atoms with Crippen LogP contribution in [0, 0.1) is 0 Å². The molecule has 6 aromatic rings. The van der Waals surface area contributed by atoms with Crippen molar-refractivity contribution in [2.24, 2.45) is 0 Å². The summed E-state index contributed by atoms with van der Waals surface area (Å²) in [5, 5.41) is 8.39. The first-order valence-electron chi connectivity index (χ1n) is 13.2. The fraction of sp³-hybridized carbons (Fsp3) is 0.241. The first-order chi connectivity index (χ1) is 19.6. The predicted octanol–water partition coefficient (Wildman–Crippen LogP) is 5.36. The molecule has 0 bridgehead atoms. The van der Waals surface area contributed by atoms with E-state index < -0.39 is 0 Å². The van der Waals surface area contributed by atoms with Gasteiger partial charge in [-0.3, -0.25) is 24.8 Å². The molecule has 1 aliphatic heterocycles. The van der Waals surface area contributed by atoms with Crippen LogP contribution in [0.1, 0.15) is 29.4 Å². The molecule has 6 aromatic heterocycles. The number of hydrogen-bond donors (Lipinski definition) is 2. The molecular formula is C29H26N8O2S. The van der Waals surface area contributed by atoms with E-state index in [-0.39, 0.29) is 5.78 Å². The number of rotatable bonds is 8. The zero-order chi connectivity index (χ0) is 27.1. The smallest absolute Gasteiger partial charge is 0.169 e. The summed E-state index contributed by atoms with van der Waals surface area (Å²) in [6, 6.07) is 9.66. The third kappa shape index (κ3) is 4.63. The van der Waals surface area contributed by atoms with Gasteiger partial charge in [-0.1, -0.05) is 0 Å². The minimum atomic E-state index is 0.0341. The molecular weight excluding hydrogens is 524 g/mol. The standard InChI is InChI=1S/C29H26N8O2S/c1-17(38)23-4-5-24(40-23)27-26-22(6-7-31-27)33-29(34-26)25-21-13-19(15-32-28(21)36-35-25)18-12-20(16-30-14-18)39-11-10-37-8-2-3-9-37/h4-7,12-16H,2-3,8-11H2,1H3,(H,33,34)(H,32,35,36). The van der Waals surface area contributed by atoms with Gasteiger partial charge in [0, 0.05) is 36.3 Å². The molecule has 2 N–H and O–H groups in total. The summed E-state index contributed by atoms with van der Waals surface area (Å²) >= 11 is 1.41. The zero-order valence-electron chi connectivity index (χ0n) is 21.8. The number of likely N-dealkylation sites (tertiary alicyclic amines) is 1. The largest absolute Gasteiger partial charge is 0.491 e. The lowest BCUT2D eigenvalue weighted by Gasteiger charge is -2.15. The maximum absolute atomic E-state index is 11.8. The van der Waals surface area contributed by atoms with Gasteiger partial charge in [0.15, 0.2) is 17.3 Å². The molecule has 1 aliphatic rings. The first kappa shape index (κ1) is 24.6. The van der Waals surface area contributed by atoms with E-state index in [1.165, 1.54) is 24.2 Å². The fourth-order valence-corrected chi connectivity index (χ4v) is 5.98. The van der Waals surface area contributed by atoms with Crippen LogP contribution in [0.4, 0.5) is 0 Å². The predicted molar refractivity (Wildman–Crippen MR) is 154 cm³/mol. The number of H-pyrrole nitrogens is 2. The Kier molecular flexibility index (Phi) is 6.29. The molecule has 0 amide bonds. The summed E-state index contributed by atoms with van der Waals surface area (Å²) in [6.07, 6.45) is 9.64. The van der Waals surface area contributed by atoms with E-state index in [0.29, 0.717) is 28.6 Å². The number of thiophene rings is 1. The summed E-state index contributed by atoms with van der Waals surface area (Å²) in [5.74, 6) is 1.38. The lowest BCUT2D eigenvalue weighted by Crippen LogP contribution is -2.25. The fourth-order valence-electron chi connectivity index (χ4n) is 5.08. The topological polar surface area (TPSA) is 126 Å². The molecule has 0 unspecified atom stereocenters. The minimum absolute atomic E-state index is 0.0341. The van der Waals surface area contributed by atoms with Crippen LogP contribution in [-0.4, -0.2) is 72.0 Å². The number of hydrogen-bond acceptors (Lipinski definition) is 9. The Hall–Kier alpha value is -4.48. The molecule has 0 aliphatic carbocycles. The van der Waals surface area contributed by atoms with Crippen molar-refractivity contribution in [1.29, 1.82) is 0 Å². The van der Waals surface area contributed by atoms with Crippen molar-refractivity contribution in [3.05, 3.63) is 60.0 Å². The van der Waals surface area contributed by atoms with Gasteiger partial charge in [-0.2, -0.15) is 5.10 Å². The number of fused-ring (bicyclic) bond motifs is 2. The molecule has 7 heterocycles. The molecule has 200 valence electrons. The highest BCUT2D eigenvalue weighted by atomic mass is 32.1. The second-order valence-corrected chi connectivity index (χ2v) is 10.9. The molecule has 11 heteroatoms. The molecule has 7 rings (SSSR count). The zero-order valence-corrected chi connectivity index (χ0v) is 22.7. The van der Waals surface area contributed by atoms with E-state index in [1.54, 1.807) is 25.5 Å². The van der Waals surface area contributed by atoms with Crippen molar-refractivity contribution in [3.63, 3.8) is 0 Å². The molecule has 40 heavy (non-hydrogen) atoms. The Bertz CT molecular complexity index is 1850. The number of carbonyl (C=O) groups is 1. The molecule has 0 atom stereocenters. The Balaban J connectivity index is 1.20. The van der Waals surface area contributed by atoms with Crippen molar-refractivity contribution < 1.29 is 9.53 Å². The summed E-state index contributed by atoms with van der Waals surface area (Å²) in [5.41, 5.74) is 5.42. The van der Waals surface area contributed by atoms with Crippen molar-refractivity contribution in [1.82, 2.24) is 40.0 Å². The maximum Gasteiger partial charge on any atom is 0.169 e. The van der Waals surface area contributed by atoms with Gasteiger partial charge >= 0.3 is 0 Å². The summed E-state index contributed by atoms with van der Waals surface area (Å²) in [7, 11) is 0. The third-order valence-corrected chi connectivity index (χ3v) is 8.34. The first-order valence-corrected chi connectivity index (χ1v) is 14.0. The summed E-state index contributed by atoms with van der Waals surface area (Å²) < 4.78 is 6.01. The van der Waals surface area contributed by atoms with E-state index in [4.69, 9.17) is 9.72 Å². The maximum atomic E-state index is 11.8. The van der Waals surface area contributed by atoms with Crippen molar-refractivity contribution >= 4 is 39.2 Å². The van der Waals surface area contributed by atoms with Gasteiger partial charge in [0.2, 0.25) is 0 Å². The van der Waals surface area contributed by atoms with Crippen LogP contribution in [0.2, 0.25) is 0 Å². The normalized spacial score (nSPS) is 13.9. The van der Waals surface area contributed by atoms with Gasteiger partial charge in [-0.15, -0.1) is 11.3 Å². The molecule has 0 saturated carbocycles. The average Bonchev–Trinajstić information content (AvgIpc) is 3.78. The highest BCUT2D eigenvalue weighted by Crippen LogP contribution is 2.34. The van der Waals surface area contributed by atoms with E-state index >= 15 is 0 Å². The Labute approximate surface area is 233 Å². The SMILES string of the molecule is CC(=O)c1ccc(-c2nccc3[nH]c(-c4n[nH]c5ncc(-c6cncc(OCCN7CCCC7)c6)cc45)nc23)s1. The number of carbonyl (C=O) groups excluding carboxylic acids is 1. The van der Waals surface area contributed by atoms with Gasteiger partial charge in [0.25, 0.3) is 0 Å². The van der Waals surface area contributed by atoms with Crippen LogP contribution in [0.5, 0.6) is 5.75 Å². The van der Waals surface area contributed by atoms with Gasteiger partial charge in [0.05, 0.1) is 26.9 Å². The molecule has 0 aromatic carbocycles. The minimum Gasteiger partial charge on any atom is -0.491 e. The van der Waals surface area contributed by atoms with Gasteiger partial charge in [-0.05, 0) is 63.2 Å². The number of aromatic nitrogens is 7. The Morgan fingerprint density at radius 3 is 2.77 bits per heavy atom. The van der Waals surface area contributed by atoms with Gasteiger partial charge in [0.1, 0.15) is 29.3 Å². The van der Waals surface area contributed by atoms with Crippen LogP contribution in [-0.2, 0) is 0 Å². The number of ketones is 1. The Morgan fingerprint density at radius 2 is 1.93 bits per heavy atom. The number of pyridine rings is 3. The van der Waals surface area contributed by atoms with Crippen LogP contribution < -0.4 is 4.74 Å². The molecule has 10 nitrogen and oxygen atoms in total. The average molecular weight is 551 g/mol. The van der Waals surface area contributed by atoms with E-state index in [1.807, 2.05) is 36.5 Å². The number of aromatic amines is 2. The second-order valence-electron chi connectivity index (χ2n) is 9.86. The number of nitrogens with one attached hydrogen (secondary N) is 2. The van der Waals surface area contributed by atoms with Gasteiger partial charge < -0.3 is 9.72 Å². The summed E-state index contributed by atoms with van der Waals surface area (Å²) in [6.45, 7) is 5.43. The lowest BCUT2D eigenvalue weighted by atomic mass is 10.1. The number of nitrogens with zero attached hydrogens (tertiary/aromatic N) is 6. The molecule has 0 radical (unpaired) electrons. The molecule has 1 fully saturated rings. The van der Waals surface area contributed by atoms with Crippen LogP contribution >= 0.6 is 11.3 Å². The van der Waals surface area contributed by atoms with Crippen LogP contribution in [0.3, 0.4) is 0 Å². The monoisotopic (exact) mass is 550 g/mol. The van der Waals surface area contributed by atoms with Crippen molar-refractivity contribution in [2.75, 3.05) is 26.2 Å². The summed E-state index contributed by atoms with van der Waals surface area (Å²) in [4.78, 5) is 37.7. The van der Waals surface area contributed by atoms with Crippen LogP contribution in [0.15, 0.2) is 55.1 Å². The second kappa shape index (κ2) is 10.2. The van der Waals surface area contributed by atoms with E-state index in [2.05, 4.69) is 35.0 Å². The van der Waals surface area contributed by atoms with Crippen molar-refractivity contribution in [3.8, 4) is 39.0 Å². The highest BCUT2D eigenvalue weighted by Gasteiger charge is 2.18. The molecule has 0 spiro atoms. The number of imidazole rings is 1. The van der Waals surface area contributed by atoms with E-state index in [9.17, 15) is 4.79 Å². The quantitative estimate of drug-likeness (QED) is 0.243. The lowest BCUT2D eigenvalue weighted by molar-refractivity contribution is 0.102. The van der Waals surface area contributed by atoms with Crippen molar-refractivity contribution in [2.45, 2.75) is 19.8 Å². The number of ether oxygens (including phenoxy) is 1. The van der Waals surface area contributed by atoms with Gasteiger partial charge in [-0.25, -0.2) is 9.97 Å². The van der Waals surface area contributed by atoms with Crippen LogP contribution in [0.25, 0.3) is 55.3 Å².